The number of hydrogen-bond donors (Lipinski definition) is 1. The Bertz CT molecular complexity index is 1140. The van der Waals surface area contributed by atoms with Gasteiger partial charge in [-0.15, -0.1) is 10.2 Å². The maximum Gasteiger partial charge on any atom is 0.416 e. The van der Waals surface area contributed by atoms with Crippen LogP contribution in [0.3, 0.4) is 0 Å². The van der Waals surface area contributed by atoms with E-state index in [4.69, 9.17) is 27.9 Å². The third-order valence-corrected chi connectivity index (χ3v) is 5.97. The minimum atomic E-state index is -4.55. The lowest BCUT2D eigenvalue weighted by molar-refractivity contribution is -0.137. The third-order valence-electron chi connectivity index (χ3n) is 4.43. The van der Waals surface area contributed by atoms with E-state index >= 15 is 0 Å². The molecule has 0 aliphatic rings. The smallest absolute Gasteiger partial charge is 0.416 e. The number of alkyl halides is 3. The van der Waals surface area contributed by atoms with Crippen molar-refractivity contribution < 1.29 is 22.7 Å². The van der Waals surface area contributed by atoms with E-state index in [9.17, 15) is 18.0 Å². The number of anilines is 1. The van der Waals surface area contributed by atoms with Crippen molar-refractivity contribution in [2.24, 2.45) is 0 Å². The molecule has 2 aromatic carbocycles. The average molecular weight is 519 g/mol. The normalized spacial score (nSPS) is 12.5. The van der Waals surface area contributed by atoms with Gasteiger partial charge in [0, 0.05) is 11.6 Å². The van der Waals surface area contributed by atoms with Crippen molar-refractivity contribution in [2.75, 3.05) is 11.1 Å². The number of amides is 1. The highest BCUT2D eigenvalue weighted by Crippen LogP contribution is 2.34. The fourth-order valence-electron chi connectivity index (χ4n) is 2.92. The lowest BCUT2D eigenvalue weighted by Crippen LogP contribution is -2.16. The number of ether oxygens (including phenoxy) is 1. The van der Waals surface area contributed by atoms with E-state index in [1.165, 1.54) is 0 Å². The monoisotopic (exact) mass is 518 g/mol. The summed E-state index contributed by atoms with van der Waals surface area (Å²) in [6.07, 6.45) is -4.99. The van der Waals surface area contributed by atoms with Gasteiger partial charge in [0.1, 0.15) is 5.75 Å². The first-order valence-corrected chi connectivity index (χ1v) is 11.5. The fraction of sp³-hybridized carbons (Fsp3) is 0.286. The van der Waals surface area contributed by atoms with Crippen LogP contribution in [0.4, 0.5) is 18.9 Å². The maximum atomic E-state index is 12.9. The molecule has 3 aromatic rings. The molecular formula is C21H19Cl2F3N4O2S. The molecule has 0 saturated carbocycles. The Morgan fingerprint density at radius 2 is 1.97 bits per heavy atom. The average Bonchev–Trinajstić information content (AvgIpc) is 3.16. The Morgan fingerprint density at radius 1 is 1.21 bits per heavy atom. The van der Waals surface area contributed by atoms with Crippen LogP contribution in [0.1, 0.15) is 31.3 Å². The predicted molar refractivity (Wildman–Crippen MR) is 122 cm³/mol. The number of aromatic nitrogens is 3. The molecule has 0 aliphatic heterocycles. The number of carbonyl (C=O) groups excluding carboxylic acids is 1. The number of hydrogen-bond acceptors (Lipinski definition) is 5. The van der Waals surface area contributed by atoms with E-state index in [-0.39, 0.29) is 16.5 Å². The van der Waals surface area contributed by atoms with Crippen LogP contribution < -0.4 is 10.1 Å². The van der Waals surface area contributed by atoms with Gasteiger partial charge in [0.25, 0.3) is 0 Å². The SMILES string of the molecule is CCn1c(SCC(=O)Nc2cc(C(F)(F)F)ccc2Cl)nnc1C(C)Oc1cccc(Cl)c1. The second-order valence-corrected chi connectivity index (χ2v) is 8.62. The number of halogens is 5. The first kappa shape index (κ1) is 25.2. The topological polar surface area (TPSA) is 69.0 Å². The molecular weight excluding hydrogens is 500 g/mol. The second kappa shape index (κ2) is 10.7. The van der Waals surface area contributed by atoms with Crippen LogP contribution in [0.25, 0.3) is 0 Å². The van der Waals surface area contributed by atoms with Crippen LogP contribution in [0.5, 0.6) is 5.75 Å². The molecule has 1 heterocycles. The first-order valence-electron chi connectivity index (χ1n) is 9.73. The molecule has 33 heavy (non-hydrogen) atoms. The van der Waals surface area contributed by atoms with Crippen molar-refractivity contribution in [3.63, 3.8) is 0 Å². The molecule has 1 aromatic heterocycles. The zero-order valence-corrected chi connectivity index (χ0v) is 19.8. The molecule has 12 heteroatoms. The predicted octanol–water partition coefficient (Wildman–Crippen LogP) is 6.49. The molecule has 3 rings (SSSR count). The Balaban J connectivity index is 1.66. The molecule has 0 saturated heterocycles. The van der Waals surface area contributed by atoms with Gasteiger partial charge in [-0.05, 0) is 50.2 Å². The van der Waals surface area contributed by atoms with Crippen molar-refractivity contribution in [3.05, 3.63) is 63.9 Å². The highest BCUT2D eigenvalue weighted by atomic mass is 35.5. The van der Waals surface area contributed by atoms with Crippen LogP contribution in [0.15, 0.2) is 47.6 Å². The third kappa shape index (κ3) is 6.55. The maximum absolute atomic E-state index is 12.9. The summed E-state index contributed by atoms with van der Waals surface area (Å²) < 4.78 is 46.4. The standard InChI is InChI=1S/C21H19Cl2F3N4O2S/c1-3-30-19(12(2)32-15-6-4-5-14(22)10-15)28-29-20(30)33-11-18(31)27-17-9-13(21(24,25)26)7-8-16(17)23/h4-10,12H,3,11H2,1-2H3,(H,27,31). The summed E-state index contributed by atoms with van der Waals surface area (Å²) in [6.45, 7) is 4.23. The number of benzene rings is 2. The molecule has 0 fully saturated rings. The van der Waals surface area contributed by atoms with Crippen LogP contribution in [-0.2, 0) is 17.5 Å². The fourth-order valence-corrected chi connectivity index (χ4v) is 4.07. The van der Waals surface area contributed by atoms with Gasteiger partial charge in [0.15, 0.2) is 17.1 Å². The van der Waals surface area contributed by atoms with Crippen molar-refractivity contribution in [2.45, 2.75) is 37.8 Å². The highest BCUT2D eigenvalue weighted by Gasteiger charge is 2.31. The Kier molecular flexibility index (Phi) is 8.14. The van der Waals surface area contributed by atoms with E-state index in [1.54, 1.807) is 28.8 Å². The summed E-state index contributed by atoms with van der Waals surface area (Å²) in [7, 11) is 0. The van der Waals surface area contributed by atoms with Crippen LogP contribution in [0, 0.1) is 0 Å². The zero-order valence-electron chi connectivity index (χ0n) is 17.5. The zero-order chi connectivity index (χ0) is 24.2. The second-order valence-electron chi connectivity index (χ2n) is 6.83. The molecule has 0 bridgehead atoms. The van der Waals surface area contributed by atoms with E-state index in [0.717, 1.165) is 30.0 Å². The van der Waals surface area contributed by atoms with E-state index in [2.05, 4.69) is 15.5 Å². The molecule has 0 radical (unpaired) electrons. The highest BCUT2D eigenvalue weighted by molar-refractivity contribution is 7.99. The van der Waals surface area contributed by atoms with Gasteiger partial charge < -0.3 is 14.6 Å². The van der Waals surface area contributed by atoms with E-state index in [0.29, 0.717) is 28.3 Å². The van der Waals surface area contributed by atoms with Crippen LogP contribution >= 0.6 is 35.0 Å². The largest absolute Gasteiger partial charge is 0.483 e. The molecule has 0 spiro atoms. The summed E-state index contributed by atoms with van der Waals surface area (Å²) in [5, 5.41) is 11.7. The minimum absolute atomic E-state index is 0.00681. The van der Waals surface area contributed by atoms with Gasteiger partial charge in [-0.25, -0.2) is 0 Å². The van der Waals surface area contributed by atoms with Crippen molar-refractivity contribution in [1.29, 1.82) is 0 Å². The Hall–Kier alpha value is -2.43. The summed E-state index contributed by atoms with van der Waals surface area (Å²) >= 11 is 13.0. The first-order chi connectivity index (χ1) is 15.6. The molecule has 1 N–H and O–H groups in total. The summed E-state index contributed by atoms with van der Waals surface area (Å²) in [5.74, 6) is 0.499. The van der Waals surface area contributed by atoms with Crippen LogP contribution in [0.2, 0.25) is 10.0 Å². The molecule has 1 unspecified atom stereocenters. The molecule has 1 amide bonds. The summed E-state index contributed by atoms with van der Waals surface area (Å²) in [4.78, 5) is 12.3. The number of carbonyl (C=O) groups is 1. The van der Waals surface area contributed by atoms with Gasteiger partial charge in [0.05, 0.1) is 22.0 Å². The van der Waals surface area contributed by atoms with Crippen molar-refractivity contribution in [1.82, 2.24) is 14.8 Å². The van der Waals surface area contributed by atoms with Gasteiger partial charge in [-0.1, -0.05) is 41.0 Å². The minimum Gasteiger partial charge on any atom is -0.483 e. The molecule has 1 atom stereocenters. The lowest BCUT2D eigenvalue weighted by atomic mass is 10.2. The molecule has 6 nitrogen and oxygen atoms in total. The van der Waals surface area contributed by atoms with E-state index in [1.807, 2.05) is 13.8 Å². The number of thioether (sulfide) groups is 1. The quantitative estimate of drug-likeness (QED) is 0.345. The summed E-state index contributed by atoms with van der Waals surface area (Å²) in [6, 6.07) is 9.70. The van der Waals surface area contributed by atoms with E-state index < -0.39 is 23.8 Å². The van der Waals surface area contributed by atoms with Crippen molar-refractivity contribution >= 4 is 46.6 Å². The molecule has 0 aliphatic carbocycles. The number of rotatable bonds is 8. The summed E-state index contributed by atoms with van der Waals surface area (Å²) in [5.41, 5.74) is -1.02. The van der Waals surface area contributed by atoms with Gasteiger partial charge in [-0.3, -0.25) is 4.79 Å². The van der Waals surface area contributed by atoms with Crippen LogP contribution in [-0.4, -0.2) is 26.4 Å². The Labute approximate surface area is 202 Å². The van der Waals surface area contributed by atoms with Gasteiger partial charge in [0.2, 0.25) is 5.91 Å². The lowest BCUT2D eigenvalue weighted by Gasteiger charge is -2.15. The Morgan fingerprint density at radius 3 is 2.64 bits per heavy atom. The van der Waals surface area contributed by atoms with Gasteiger partial charge >= 0.3 is 6.18 Å². The number of nitrogens with zero attached hydrogens (tertiary/aromatic N) is 3. The van der Waals surface area contributed by atoms with Gasteiger partial charge in [-0.2, -0.15) is 13.2 Å². The molecule has 176 valence electrons. The number of nitrogens with one attached hydrogen (secondary N) is 1. The van der Waals surface area contributed by atoms with Crippen molar-refractivity contribution in [3.8, 4) is 5.75 Å².